The summed E-state index contributed by atoms with van der Waals surface area (Å²) in [5.74, 6) is -2.13. The molecule has 2 N–H and O–H groups in total. The molecule has 4 rings (SSSR count). The summed E-state index contributed by atoms with van der Waals surface area (Å²) in [4.78, 5) is 40.7. The van der Waals surface area contributed by atoms with E-state index in [9.17, 15) is 14.4 Å². The van der Waals surface area contributed by atoms with Crippen molar-refractivity contribution in [1.82, 2.24) is 10.6 Å². The first-order valence-corrected chi connectivity index (χ1v) is 11.8. The molecule has 0 radical (unpaired) electrons. The van der Waals surface area contributed by atoms with Crippen molar-refractivity contribution in [2.75, 3.05) is 11.4 Å². The van der Waals surface area contributed by atoms with Gasteiger partial charge in [-0.15, -0.1) is 0 Å². The summed E-state index contributed by atoms with van der Waals surface area (Å²) in [7, 11) is 0. The first kappa shape index (κ1) is 24.2. The SMILES string of the molecule is O=C(NCC(=O)N(c1ccccc1)C(C(=O)NC1CCCCC1)c1ccccc1F)c1ccco1. The summed E-state index contributed by atoms with van der Waals surface area (Å²) in [6.45, 7) is -0.407. The fourth-order valence-electron chi connectivity index (χ4n) is 4.38. The van der Waals surface area contributed by atoms with Gasteiger partial charge >= 0.3 is 0 Å². The molecule has 7 nitrogen and oxygen atoms in total. The molecule has 3 amide bonds. The van der Waals surface area contributed by atoms with Crippen LogP contribution < -0.4 is 15.5 Å². The van der Waals surface area contributed by atoms with Crippen molar-refractivity contribution in [1.29, 1.82) is 0 Å². The number of halogens is 1. The van der Waals surface area contributed by atoms with Crippen molar-refractivity contribution in [3.63, 3.8) is 0 Å². The number of para-hydroxylation sites is 1. The molecule has 2 aromatic carbocycles. The zero-order valence-corrected chi connectivity index (χ0v) is 19.3. The second-order valence-electron chi connectivity index (χ2n) is 8.53. The smallest absolute Gasteiger partial charge is 0.287 e. The molecule has 35 heavy (non-hydrogen) atoms. The lowest BCUT2D eigenvalue weighted by molar-refractivity contribution is -0.127. The van der Waals surface area contributed by atoms with E-state index < -0.39 is 36.1 Å². The number of amides is 3. The van der Waals surface area contributed by atoms with Crippen LogP contribution in [0.15, 0.2) is 77.4 Å². The Morgan fingerprint density at radius 2 is 1.66 bits per heavy atom. The highest BCUT2D eigenvalue weighted by Gasteiger charge is 2.35. The standard InChI is InChI=1S/C27H28FN3O4/c28-22-15-8-7-14-21(22)25(27(34)30-19-10-3-1-4-11-19)31(20-12-5-2-6-13-20)24(32)18-29-26(33)23-16-9-17-35-23/h2,5-9,12-17,19,25H,1,3-4,10-11,18H2,(H,29,33)(H,30,34). The van der Waals surface area contributed by atoms with Crippen LogP contribution in [0.1, 0.15) is 54.3 Å². The van der Waals surface area contributed by atoms with E-state index in [2.05, 4.69) is 10.6 Å². The minimum atomic E-state index is -1.26. The Hall–Kier alpha value is -3.94. The summed E-state index contributed by atoms with van der Waals surface area (Å²) in [6, 6.07) is 16.3. The number of nitrogens with one attached hydrogen (secondary N) is 2. The summed E-state index contributed by atoms with van der Waals surface area (Å²) < 4.78 is 20.1. The third-order valence-electron chi connectivity index (χ3n) is 6.11. The van der Waals surface area contributed by atoms with Gasteiger partial charge < -0.3 is 15.1 Å². The molecule has 182 valence electrons. The highest BCUT2D eigenvalue weighted by molar-refractivity contribution is 6.04. The van der Waals surface area contributed by atoms with Crippen LogP contribution in [0.2, 0.25) is 0 Å². The van der Waals surface area contributed by atoms with E-state index in [1.165, 1.54) is 35.4 Å². The van der Waals surface area contributed by atoms with Gasteiger partial charge in [0.25, 0.3) is 5.91 Å². The van der Waals surface area contributed by atoms with Gasteiger partial charge in [0, 0.05) is 17.3 Å². The van der Waals surface area contributed by atoms with Crippen LogP contribution in [-0.4, -0.2) is 30.3 Å². The maximum atomic E-state index is 15.0. The minimum absolute atomic E-state index is 0.0306. The van der Waals surface area contributed by atoms with E-state index in [0.717, 1.165) is 32.1 Å². The van der Waals surface area contributed by atoms with Crippen molar-refractivity contribution >= 4 is 23.4 Å². The molecule has 1 aliphatic carbocycles. The Morgan fingerprint density at radius 1 is 0.943 bits per heavy atom. The quantitative estimate of drug-likeness (QED) is 0.504. The second-order valence-corrected chi connectivity index (χ2v) is 8.53. The molecule has 0 bridgehead atoms. The highest BCUT2D eigenvalue weighted by atomic mass is 19.1. The lowest BCUT2D eigenvalue weighted by atomic mass is 9.94. The number of benzene rings is 2. The molecule has 1 aromatic heterocycles. The highest BCUT2D eigenvalue weighted by Crippen LogP contribution is 2.30. The monoisotopic (exact) mass is 477 g/mol. The summed E-state index contributed by atoms with van der Waals surface area (Å²) in [5.41, 5.74) is 0.493. The number of anilines is 1. The third-order valence-corrected chi connectivity index (χ3v) is 6.11. The number of furan rings is 1. The zero-order valence-electron chi connectivity index (χ0n) is 19.3. The molecule has 1 fully saturated rings. The number of hydrogen-bond donors (Lipinski definition) is 2. The summed E-state index contributed by atoms with van der Waals surface area (Å²) >= 11 is 0. The van der Waals surface area contributed by atoms with E-state index in [1.54, 1.807) is 42.5 Å². The lowest BCUT2D eigenvalue weighted by Gasteiger charge is -2.33. The van der Waals surface area contributed by atoms with Gasteiger partial charge in [-0.3, -0.25) is 19.3 Å². The summed E-state index contributed by atoms with van der Waals surface area (Å²) in [6.07, 6.45) is 6.18. The normalized spacial score (nSPS) is 14.7. The third kappa shape index (κ3) is 5.95. The van der Waals surface area contributed by atoms with Crippen molar-refractivity contribution in [3.8, 4) is 0 Å². The number of carbonyl (C=O) groups is 3. The Balaban J connectivity index is 1.66. The average molecular weight is 478 g/mol. The molecular weight excluding hydrogens is 449 g/mol. The van der Waals surface area contributed by atoms with Crippen LogP contribution in [0.3, 0.4) is 0 Å². The van der Waals surface area contributed by atoms with E-state index in [4.69, 9.17) is 4.42 Å². The molecule has 1 heterocycles. The van der Waals surface area contributed by atoms with Crippen LogP contribution >= 0.6 is 0 Å². The van der Waals surface area contributed by atoms with Crippen molar-refractivity contribution in [2.45, 2.75) is 44.2 Å². The van der Waals surface area contributed by atoms with E-state index in [1.807, 2.05) is 0 Å². The van der Waals surface area contributed by atoms with Gasteiger partial charge in [0.05, 0.1) is 12.8 Å². The van der Waals surface area contributed by atoms with Crippen LogP contribution in [0.4, 0.5) is 10.1 Å². The Labute approximate surface area is 203 Å². The van der Waals surface area contributed by atoms with Crippen LogP contribution in [0.25, 0.3) is 0 Å². The molecule has 1 unspecified atom stereocenters. The van der Waals surface area contributed by atoms with Gasteiger partial charge in [-0.2, -0.15) is 0 Å². The first-order chi connectivity index (χ1) is 17.0. The average Bonchev–Trinajstić information content (AvgIpc) is 3.42. The minimum Gasteiger partial charge on any atom is -0.459 e. The van der Waals surface area contributed by atoms with Gasteiger partial charge in [-0.1, -0.05) is 55.7 Å². The zero-order chi connectivity index (χ0) is 24.6. The van der Waals surface area contributed by atoms with Crippen molar-refractivity contribution < 1.29 is 23.2 Å². The maximum Gasteiger partial charge on any atom is 0.287 e. The molecule has 0 spiro atoms. The Morgan fingerprint density at radius 3 is 2.34 bits per heavy atom. The number of carbonyl (C=O) groups excluding carboxylic acids is 3. The van der Waals surface area contributed by atoms with E-state index in [0.29, 0.717) is 5.69 Å². The second kappa shape index (κ2) is 11.5. The molecule has 1 aliphatic rings. The molecule has 8 heteroatoms. The molecular formula is C27H28FN3O4. The first-order valence-electron chi connectivity index (χ1n) is 11.8. The predicted octanol–water partition coefficient (Wildman–Crippen LogP) is 4.37. The molecule has 1 atom stereocenters. The van der Waals surface area contributed by atoms with Crippen LogP contribution in [0, 0.1) is 5.82 Å². The van der Waals surface area contributed by atoms with Crippen molar-refractivity contribution in [3.05, 3.63) is 90.1 Å². The number of hydrogen-bond acceptors (Lipinski definition) is 4. The van der Waals surface area contributed by atoms with Crippen LogP contribution in [0.5, 0.6) is 0 Å². The van der Waals surface area contributed by atoms with Gasteiger partial charge in [-0.25, -0.2) is 4.39 Å². The van der Waals surface area contributed by atoms with Gasteiger partial charge in [-0.05, 0) is 43.2 Å². The lowest BCUT2D eigenvalue weighted by Crippen LogP contribution is -2.50. The number of nitrogens with zero attached hydrogens (tertiary/aromatic N) is 1. The Bertz CT molecular complexity index is 1140. The maximum absolute atomic E-state index is 15.0. The summed E-state index contributed by atoms with van der Waals surface area (Å²) in [5, 5.41) is 5.56. The van der Waals surface area contributed by atoms with Gasteiger partial charge in [0.15, 0.2) is 5.76 Å². The molecule has 1 saturated carbocycles. The van der Waals surface area contributed by atoms with E-state index in [-0.39, 0.29) is 17.4 Å². The topological polar surface area (TPSA) is 91.7 Å². The predicted molar refractivity (Wildman–Crippen MR) is 129 cm³/mol. The fourth-order valence-corrected chi connectivity index (χ4v) is 4.38. The van der Waals surface area contributed by atoms with Crippen LogP contribution in [-0.2, 0) is 9.59 Å². The molecule has 0 aliphatic heterocycles. The van der Waals surface area contributed by atoms with E-state index >= 15 is 4.39 Å². The fraction of sp³-hybridized carbons (Fsp3) is 0.296. The number of rotatable bonds is 8. The van der Waals surface area contributed by atoms with Gasteiger partial charge in [0.1, 0.15) is 11.9 Å². The Kier molecular flexibility index (Phi) is 7.92. The van der Waals surface area contributed by atoms with Gasteiger partial charge in [0.2, 0.25) is 11.8 Å². The largest absolute Gasteiger partial charge is 0.459 e. The molecule has 0 saturated heterocycles. The van der Waals surface area contributed by atoms with Crippen molar-refractivity contribution in [2.24, 2.45) is 0 Å². The molecule has 3 aromatic rings.